The summed E-state index contributed by atoms with van der Waals surface area (Å²) < 4.78 is 10.9. The molecule has 0 spiro atoms. The summed E-state index contributed by atoms with van der Waals surface area (Å²) in [6.07, 6.45) is 8.73. The van der Waals surface area contributed by atoms with Crippen LogP contribution < -0.4 is 0 Å². The van der Waals surface area contributed by atoms with E-state index >= 15 is 0 Å². The third-order valence-corrected chi connectivity index (χ3v) is 5.06. The van der Waals surface area contributed by atoms with Crippen LogP contribution in [0.1, 0.15) is 78.1 Å². The molecule has 0 bridgehead atoms. The highest BCUT2D eigenvalue weighted by molar-refractivity contribution is 5.77. The number of hydrogen-bond donors (Lipinski definition) is 0. The predicted molar refractivity (Wildman–Crippen MR) is 84.3 cm³/mol. The van der Waals surface area contributed by atoms with E-state index < -0.39 is 0 Å². The van der Waals surface area contributed by atoms with Crippen LogP contribution in [0, 0.1) is 11.8 Å². The van der Waals surface area contributed by atoms with Crippen molar-refractivity contribution in [2.24, 2.45) is 11.8 Å². The first-order chi connectivity index (χ1) is 10.5. The number of ether oxygens (including phenoxy) is 2. The smallest absolute Gasteiger partial charge is 0.306 e. The van der Waals surface area contributed by atoms with Gasteiger partial charge in [0.05, 0.1) is 12.8 Å². The van der Waals surface area contributed by atoms with E-state index in [4.69, 9.17) is 9.47 Å². The molecule has 4 nitrogen and oxygen atoms in total. The van der Waals surface area contributed by atoms with Crippen LogP contribution in [0.25, 0.3) is 0 Å². The van der Waals surface area contributed by atoms with Crippen LogP contribution >= 0.6 is 0 Å². The van der Waals surface area contributed by atoms with E-state index in [2.05, 4.69) is 13.8 Å². The molecular formula is C18H30O4. The number of hydrogen-bond acceptors (Lipinski definition) is 4. The summed E-state index contributed by atoms with van der Waals surface area (Å²) >= 11 is 0. The quantitative estimate of drug-likeness (QED) is 0.720. The van der Waals surface area contributed by atoms with Gasteiger partial charge in [-0.3, -0.25) is 9.59 Å². The van der Waals surface area contributed by atoms with E-state index in [9.17, 15) is 9.59 Å². The Bertz CT molecular complexity index is 327. The Kier molecular flexibility index (Phi) is 6.71. The van der Waals surface area contributed by atoms with Crippen molar-refractivity contribution in [3.05, 3.63) is 0 Å². The Balaban J connectivity index is 1.58. The van der Waals surface area contributed by atoms with Gasteiger partial charge < -0.3 is 9.47 Å². The Morgan fingerprint density at radius 1 is 0.682 bits per heavy atom. The lowest BCUT2D eigenvalue weighted by Crippen LogP contribution is -2.25. The fourth-order valence-corrected chi connectivity index (χ4v) is 3.39. The van der Waals surface area contributed by atoms with E-state index in [0.29, 0.717) is 0 Å². The molecule has 0 aliphatic heterocycles. The molecule has 0 aromatic rings. The lowest BCUT2D eigenvalue weighted by Gasteiger charge is -2.26. The van der Waals surface area contributed by atoms with Crippen molar-refractivity contribution < 1.29 is 19.1 Å². The fraction of sp³-hybridized carbons (Fsp3) is 0.889. The molecule has 2 aliphatic rings. The Hall–Kier alpha value is -1.06. The second-order valence-electron chi connectivity index (χ2n) is 7.24. The van der Waals surface area contributed by atoms with Gasteiger partial charge in [0.15, 0.2) is 0 Å². The molecule has 0 radical (unpaired) electrons. The van der Waals surface area contributed by atoms with Gasteiger partial charge in [-0.15, -0.1) is 0 Å². The third kappa shape index (κ3) is 5.98. The first-order valence-corrected chi connectivity index (χ1v) is 8.92. The lowest BCUT2D eigenvalue weighted by atomic mass is 9.89. The van der Waals surface area contributed by atoms with Gasteiger partial charge >= 0.3 is 11.9 Å². The van der Waals surface area contributed by atoms with Crippen LogP contribution in [0.15, 0.2) is 0 Å². The third-order valence-electron chi connectivity index (χ3n) is 5.06. The normalized spacial score (nSPS) is 32.3. The summed E-state index contributed by atoms with van der Waals surface area (Å²) in [7, 11) is 0. The molecule has 0 saturated heterocycles. The Labute approximate surface area is 133 Å². The second kappa shape index (κ2) is 8.54. The standard InChI is InChI=1S/C18H30O4/c1-13-3-7-15(8-4-13)21-17(19)11-12-18(20)22-16-9-5-14(2)6-10-16/h13-16H,3-12H2,1-2H3. The van der Waals surface area contributed by atoms with Gasteiger partial charge in [0.2, 0.25) is 0 Å². The number of carbonyl (C=O) groups is 2. The summed E-state index contributed by atoms with van der Waals surface area (Å²) in [5.41, 5.74) is 0. The van der Waals surface area contributed by atoms with Crippen molar-refractivity contribution in [3.8, 4) is 0 Å². The summed E-state index contributed by atoms with van der Waals surface area (Å²) in [6.45, 7) is 4.47. The van der Waals surface area contributed by atoms with Gasteiger partial charge in [-0.05, 0) is 63.2 Å². The monoisotopic (exact) mass is 310 g/mol. The van der Waals surface area contributed by atoms with Crippen molar-refractivity contribution in [2.75, 3.05) is 0 Å². The summed E-state index contributed by atoms with van der Waals surface area (Å²) in [5, 5.41) is 0. The Morgan fingerprint density at radius 3 is 1.32 bits per heavy atom. The first kappa shape index (κ1) is 17.3. The van der Waals surface area contributed by atoms with Crippen molar-refractivity contribution in [1.29, 1.82) is 0 Å². The average molecular weight is 310 g/mol. The van der Waals surface area contributed by atoms with E-state index in [1.807, 2.05) is 0 Å². The molecule has 0 aromatic heterocycles. The Morgan fingerprint density at radius 2 is 1.00 bits per heavy atom. The highest BCUT2D eigenvalue weighted by Gasteiger charge is 2.23. The van der Waals surface area contributed by atoms with E-state index in [-0.39, 0.29) is 37.0 Å². The van der Waals surface area contributed by atoms with Crippen molar-refractivity contribution >= 4 is 11.9 Å². The fourth-order valence-electron chi connectivity index (χ4n) is 3.39. The van der Waals surface area contributed by atoms with Crippen molar-refractivity contribution in [1.82, 2.24) is 0 Å². The molecule has 0 aromatic carbocycles. The summed E-state index contributed by atoms with van der Waals surface area (Å²) in [6, 6.07) is 0. The number of esters is 2. The van der Waals surface area contributed by atoms with Crippen molar-refractivity contribution in [3.63, 3.8) is 0 Å². The van der Waals surface area contributed by atoms with E-state index in [1.54, 1.807) is 0 Å². The topological polar surface area (TPSA) is 52.6 Å². The first-order valence-electron chi connectivity index (χ1n) is 8.92. The zero-order valence-corrected chi connectivity index (χ0v) is 14.0. The number of rotatable bonds is 5. The summed E-state index contributed by atoms with van der Waals surface area (Å²) in [4.78, 5) is 23.6. The van der Waals surface area contributed by atoms with Crippen LogP contribution in [0.2, 0.25) is 0 Å². The molecule has 0 N–H and O–H groups in total. The minimum atomic E-state index is -0.256. The number of carbonyl (C=O) groups excluding carboxylic acids is 2. The van der Waals surface area contributed by atoms with Crippen LogP contribution in [0.3, 0.4) is 0 Å². The maximum absolute atomic E-state index is 11.8. The molecule has 2 rings (SSSR count). The molecule has 22 heavy (non-hydrogen) atoms. The maximum atomic E-state index is 11.8. The van der Waals surface area contributed by atoms with Gasteiger partial charge in [0.1, 0.15) is 12.2 Å². The minimum Gasteiger partial charge on any atom is -0.462 e. The molecule has 2 aliphatic carbocycles. The van der Waals surface area contributed by atoms with Crippen LogP contribution in [0.4, 0.5) is 0 Å². The highest BCUT2D eigenvalue weighted by Crippen LogP contribution is 2.27. The molecule has 0 atom stereocenters. The maximum Gasteiger partial charge on any atom is 0.306 e. The molecule has 4 heteroatoms. The van der Waals surface area contributed by atoms with Gasteiger partial charge in [-0.1, -0.05) is 13.8 Å². The molecule has 0 unspecified atom stereocenters. The molecule has 126 valence electrons. The predicted octanol–water partition coefficient (Wildman–Crippen LogP) is 4.01. The molecule has 2 fully saturated rings. The second-order valence-corrected chi connectivity index (χ2v) is 7.24. The van der Waals surface area contributed by atoms with E-state index in [0.717, 1.165) is 63.2 Å². The summed E-state index contributed by atoms with van der Waals surface area (Å²) in [5.74, 6) is 0.967. The largest absolute Gasteiger partial charge is 0.462 e. The van der Waals surface area contributed by atoms with Gasteiger partial charge in [0, 0.05) is 0 Å². The molecule has 0 heterocycles. The van der Waals surface area contributed by atoms with E-state index in [1.165, 1.54) is 0 Å². The van der Waals surface area contributed by atoms with Crippen LogP contribution in [-0.4, -0.2) is 24.1 Å². The van der Waals surface area contributed by atoms with Crippen LogP contribution in [-0.2, 0) is 19.1 Å². The molecule has 0 amide bonds. The van der Waals surface area contributed by atoms with Gasteiger partial charge in [-0.25, -0.2) is 0 Å². The SMILES string of the molecule is CC1CCC(OC(=O)CCC(=O)OC2CCC(C)CC2)CC1. The highest BCUT2D eigenvalue weighted by atomic mass is 16.5. The zero-order valence-electron chi connectivity index (χ0n) is 14.0. The minimum absolute atomic E-state index is 0.0551. The average Bonchev–Trinajstić information content (AvgIpc) is 2.50. The van der Waals surface area contributed by atoms with Crippen LogP contribution in [0.5, 0.6) is 0 Å². The lowest BCUT2D eigenvalue weighted by molar-refractivity contribution is -0.157. The van der Waals surface area contributed by atoms with Gasteiger partial charge in [-0.2, -0.15) is 0 Å². The molecule has 2 saturated carbocycles. The molecular weight excluding hydrogens is 280 g/mol. The van der Waals surface area contributed by atoms with Gasteiger partial charge in [0.25, 0.3) is 0 Å². The zero-order chi connectivity index (χ0) is 15.9. The van der Waals surface area contributed by atoms with Crippen molar-refractivity contribution in [2.45, 2.75) is 90.3 Å².